The fourth-order valence-electron chi connectivity index (χ4n) is 2.13. The third-order valence-electron chi connectivity index (χ3n) is 3.30. The monoisotopic (exact) mass is 358 g/mol. The molecule has 4 heteroatoms. The minimum Gasteiger partial charge on any atom is -0.322 e. The lowest BCUT2D eigenvalue weighted by atomic mass is 10.2. The van der Waals surface area contributed by atoms with E-state index in [1.807, 2.05) is 12.3 Å². The highest BCUT2D eigenvalue weighted by molar-refractivity contribution is 9.10. The van der Waals surface area contributed by atoms with Crippen LogP contribution in [0, 0.1) is 0 Å². The number of halogens is 1. The van der Waals surface area contributed by atoms with Crippen LogP contribution in [0.1, 0.15) is 5.56 Å². The molecule has 2 aromatic carbocycles. The molecule has 3 rings (SSSR count). The van der Waals surface area contributed by atoms with Crippen molar-refractivity contribution in [3.8, 4) is 11.3 Å². The summed E-state index contributed by atoms with van der Waals surface area (Å²) in [7, 11) is 2.07. The van der Waals surface area contributed by atoms with Crippen LogP contribution in [-0.2, 0) is 12.8 Å². The van der Waals surface area contributed by atoms with Gasteiger partial charge in [-0.15, -0.1) is 0 Å². The number of aromatic nitrogens is 2. The zero-order valence-electron chi connectivity index (χ0n) is 11.7. The number of thioether (sulfide) groups is 1. The number of imidazole rings is 1. The summed E-state index contributed by atoms with van der Waals surface area (Å²) in [5.74, 6) is 0.923. The van der Waals surface area contributed by atoms with Gasteiger partial charge in [-0.05, 0) is 23.3 Å². The van der Waals surface area contributed by atoms with Gasteiger partial charge in [0.25, 0.3) is 0 Å². The third kappa shape index (κ3) is 3.39. The Balaban J connectivity index is 1.75. The van der Waals surface area contributed by atoms with E-state index in [0.29, 0.717) is 0 Å². The highest BCUT2D eigenvalue weighted by atomic mass is 79.9. The smallest absolute Gasteiger partial charge is 0.168 e. The first-order chi connectivity index (χ1) is 10.2. The summed E-state index contributed by atoms with van der Waals surface area (Å²) in [5, 5.41) is 1.04. The second-order valence-electron chi connectivity index (χ2n) is 4.77. The molecule has 0 amide bonds. The first kappa shape index (κ1) is 14.4. The van der Waals surface area contributed by atoms with E-state index in [1.165, 1.54) is 11.1 Å². The molecule has 0 atom stereocenters. The molecule has 2 nitrogen and oxygen atoms in total. The van der Waals surface area contributed by atoms with E-state index < -0.39 is 0 Å². The number of benzene rings is 2. The van der Waals surface area contributed by atoms with Crippen LogP contribution in [0.5, 0.6) is 0 Å². The van der Waals surface area contributed by atoms with E-state index in [0.717, 1.165) is 21.1 Å². The Kier molecular flexibility index (Phi) is 4.46. The summed E-state index contributed by atoms with van der Waals surface area (Å²) in [6.45, 7) is 0. The summed E-state index contributed by atoms with van der Waals surface area (Å²) in [5.41, 5.74) is 3.64. The van der Waals surface area contributed by atoms with Crippen LogP contribution in [0.4, 0.5) is 0 Å². The molecule has 3 aromatic rings. The van der Waals surface area contributed by atoms with E-state index in [2.05, 4.69) is 81.1 Å². The average molecular weight is 359 g/mol. The maximum absolute atomic E-state index is 4.54. The molecule has 0 spiro atoms. The van der Waals surface area contributed by atoms with Crippen LogP contribution in [0.25, 0.3) is 11.3 Å². The molecule has 0 aliphatic heterocycles. The fraction of sp³-hybridized carbons (Fsp3) is 0.118. The van der Waals surface area contributed by atoms with Crippen LogP contribution < -0.4 is 0 Å². The van der Waals surface area contributed by atoms with Gasteiger partial charge in [-0.1, -0.05) is 70.2 Å². The van der Waals surface area contributed by atoms with Crippen molar-refractivity contribution in [2.24, 2.45) is 7.05 Å². The normalized spacial score (nSPS) is 10.8. The topological polar surface area (TPSA) is 17.8 Å². The first-order valence-electron chi connectivity index (χ1n) is 6.68. The fourth-order valence-corrected chi connectivity index (χ4v) is 3.30. The molecule has 0 N–H and O–H groups in total. The molecule has 1 heterocycles. The Morgan fingerprint density at radius 2 is 1.76 bits per heavy atom. The van der Waals surface area contributed by atoms with Crippen molar-refractivity contribution in [2.45, 2.75) is 10.9 Å². The van der Waals surface area contributed by atoms with E-state index in [9.17, 15) is 0 Å². The summed E-state index contributed by atoms with van der Waals surface area (Å²) in [4.78, 5) is 4.54. The van der Waals surface area contributed by atoms with E-state index in [4.69, 9.17) is 0 Å². The average Bonchev–Trinajstić information content (AvgIpc) is 2.89. The van der Waals surface area contributed by atoms with Crippen molar-refractivity contribution in [3.05, 3.63) is 70.8 Å². The first-order valence-corrected chi connectivity index (χ1v) is 8.46. The van der Waals surface area contributed by atoms with Gasteiger partial charge in [0.05, 0.1) is 11.9 Å². The SMILES string of the molecule is Cn1c(-c2ccccc2)cnc1SCc1ccc(Br)cc1. The number of rotatable bonds is 4. The highest BCUT2D eigenvalue weighted by Gasteiger charge is 2.08. The molecule has 1 aromatic heterocycles. The van der Waals surface area contributed by atoms with Crippen LogP contribution in [0.15, 0.2) is 70.4 Å². The maximum atomic E-state index is 4.54. The Hall–Kier alpha value is -1.52. The maximum Gasteiger partial charge on any atom is 0.168 e. The van der Waals surface area contributed by atoms with E-state index >= 15 is 0 Å². The lowest BCUT2D eigenvalue weighted by Gasteiger charge is -2.06. The summed E-state index contributed by atoms with van der Waals surface area (Å²) in [6, 6.07) is 18.8. The lowest BCUT2D eigenvalue weighted by Crippen LogP contribution is -1.94. The van der Waals surface area contributed by atoms with Gasteiger partial charge in [-0.25, -0.2) is 4.98 Å². The molecule has 0 aliphatic rings. The molecular weight excluding hydrogens is 344 g/mol. The standard InChI is InChI=1S/C17H15BrN2S/c1-20-16(14-5-3-2-4-6-14)11-19-17(20)21-12-13-7-9-15(18)10-8-13/h2-11H,12H2,1H3. The van der Waals surface area contributed by atoms with Crippen molar-refractivity contribution in [1.82, 2.24) is 9.55 Å². The Labute approximate surface area is 137 Å². The van der Waals surface area contributed by atoms with Gasteiger partial charge in [0.15, 0.2) is 5.16 Å². The van der Waals surface area contributed by atoms with Crippen molar-refractivity contribution in [3.63, 3.8) is 0 Å². The molecule has 21 heavy (non-hydrogen) atoms. The van der Waals surface area contributed by atoms with E-state index in [-0.39, 0.29) is 0 Å². The number of nitrogens with zero attached hydrogens (tertiary/aromatic N) is 2. The lowest BCUT2D eigenvalue weighted by molar-refractivity contribution is 0.796. The molecule has 0 radical (unpaired) electrons. The summed E-state index contributed by atoms with van der Waals surface area (Å²) in [6.07, 6.45) is 1.94. The van der Waals surface area contributed by atoms with Crippen molar-refractivity contribution in [1.29, 1.82) is 0 Å². The second-order valence-corrected chi connectivity index (χ2v) is 6.62. The Morgan fingerprint density at radius 3 is 2.48 bits per heavy atom. The van der Waals surface area contributed by atoms with Gasteiger partial charge in [0, 0.05) is 17.3 Å². The molecule has 106 valence electrons. The molecule has 0 fully saturated rings. The summed E-state index contributed by atoms with van der Waals surface area (Å²) >= 11 is 5.22. The van der Waals surface area contributed by atoms with Crippen LogP contribution >= 0.6 is 27.7 Å². The Morgan fingerprint density at radius 1 is 1.05 bits per heavy atom. The molecule has 0 aliphatic carbocycles. The number of hydrogen-bond donors (Lipinski definition) is 0. The van der Waals surface area contributed by atoms with Crippen LogP contribution in [0.2, 0.25) is 0 Å². The Bertz CT molecular complexity index is 720. The molecule has 0 saturated heterocycles. The predicted octanol–water partition coefficient (Wildman–Crippen LogP) is 5.14. The highest BCUT2D eigenvalue weighted by Crippen LogP contribution is 2.27. The van der Waals surface area contributed by atoms with Gasteiger partial charge in [-0.3, -0.25) is 0 Å². The van der Waals surface area contributed by atoms with Crippen molar-refractivity contribution < 1.29 is 0 Å². The minimum atomic E-state index is 0.923. The van der Waals surface area contributed by atoms with Crippen LogP contribution in [0.3, 0.4) is 0 Å². The van der Waals surface area contributed by atoms with Gasteiger partial charge >= 0.3 is 0 Å². The van der Waals surface area contributed by atoms with Crippen molar-refractivity contribution >= 4 is 27.7 Å². The zero-order valence-corrected chi connectivity index (χ0v) is 14.1. The zero-order chi connectivity index (χ0) is 14.7. The number of hydrogen-bond acceptors (Lipinski definition) is 2. The van der Waals surface area contributed by atoms with Crippen LogP contribution in [-0.4, -0.2) is 9.55 Å². The van der Waals surface area contributed by atoms with Gasteiger partial charge in [-0.2, -0.15) is 0 Å². The summed E-state index contributed by atoms with van der Waals surface area (Å²) < 4.78 is 3.26. The molecular formula is C17H15BrN2S. The van der Waals surface area contributed by atoms with E-state index in [1.54, 1.807) is 11.8 Å². The minimum absolute atomic E-state index is 0.923. The third-order valence-corrected chi connectivity index (χ3v) is 4.94. The largest absolute Gasteiger partial charge is 0.322 e. The van der Waals surface area contributed by atoms with Gasteiger partial charge < -0.3 is 4.57 Å². The molecule has 0 saturated carbocycles. The quantitative estimate of drug-likeness (QED) is 0.600. The van der Waals surface area contributed by atoms with Gasteiger partial charge in [0.1, 0.15) is 0 Å². The molecule has 0 unspecified atom stereocenters. The predicted molar refractivity (Wildman–Crippen MR) is 92.3 cm³/mol. The van der Waals surface area contributed by atoms with Gasteiger partial charge in [0.2, 0.25) is 0 Å². The van der Waals surface area contributed by atoms with Crippen molar-refractivity contribution in [2.75, 3.05) is 0 Å². The second kappa shape index (κ2) is 6.50. The molecule has 0 bridgehead atoms.